The van der Waals surface area contributed by atoms with Gasteiger partial charge in [0.2, 0.25) is 5.78 Å². The summed E-state index contributed by atoms with van der Waals surface area (Å²) in [6, 6.07) is 9.75. The van der Waals surface area contributed by atoms with Gasteiger partial charge in [-0.2, -0.15) is 19.9 Å². The summed E-state index contributed by atoms with van der Waals surface area (Å²) in [5.74, 6) is 0.469. The second-order valence-electron chi connectivity index (χ2n) is 5.40. The Kier molecular flexibility index (Phi) is 3.47. The van der Waals surface area contributed by atoms with Crippen LogP contribution >= 0.6 is 0 Å². The molecule has 0 saturated heterocycles. The van der Waals surface area contributed by atoms with Gasteiger partial charge in [-0.15, -0.1) is 0 Å². The standard InChI is InChI=1S/C16H15N5O/c1-10(2)13-14(12-5-3-11(4-6-12)7-8-17)20-16-18-9-19-21(16)15(13)22/h3-6,9-10H,7H2,1-2H3,(H,18,19,20). The van der Waals surface area contributed by atoms with Crippen LogP contribution in [0.4, 0.5) is 0 Å². The Morgan fingerprint density at radius 2 is 2.05 bits per heavy atom. The highest BCUT2D eigenvalue weighted by molar-refractivity contribution is 5.65. The first-order valence-electron chi connectivity index (χ1n) is 7.04. The predicted octanol–water partition coefficient (Wildman–Crippen LogP) is 2.27. The third-order valence-electron chi connectivity index (χ3n) is 3.58. The largest absolute Gasteiger partial charge is 0.323 e. The fraction of sp³-hybridized carbons (Fsp3) is 0.250. The van der Waals surface area contributed by atoms with E-state index in [1.165, 1.54) is 10.8 Å². The third-order valence-corrected chi connectivity index (χ3v) is 3.58. The van der Waals surface area contributed by atoms with E-state index in [-0.39, 0.29) is 11.5 Å². The molecular weight excluding hydrogens is 278 g/mol. The van der Waals surface area contributed by atoms with Crippen molar-refractivity contribution in [3.05, 3.63) is 52.1 Å². The highest BCUT2D eigenvalue weighted by Gasteiger charge is 2.17. The third kappa shape index (κ3) is 2.27. The van der Waals surface area contributed by atoms with Crippen molar-refractivity contribution in [1.82, 2.24) is 19.6 Å². The van der Waals surface area contributed by atoms with E-state index in [2.05, 4.69) is 21.1 Å². The van der Waals surface area contributed by atoms with Gasteiger partial charge in [-0.3, -0.25) is 4.79 Å². The minimum atomic E-state index is -0.155. The van der Waals surface area contributed by atoms with E-state index in [9.17, 15) is 4.79 Å². The van der Waals surface area contributed by atoms with Crippen LogP contribution in [0.25, 0.3) is 17.0 Å². The molecule has 2 heterocycles. The molecule has 3 rings (SSSR count). The first-order valence-corrected chi connectivity index (χ1v) is 7.04. The van der Waals surface area contributed by atoms with Crippen LogP contribution in [-0.2, 0) is 6.42 Å². The van der Waals surface area contributed by atoms with Crippen LogP contribution < -0.4 is 5.56 Å². The average Bonchev–Trinajstić information content (AvgIpc) is 2.96. The number of nitrogens with one attached hydrogen (secondary N) is 1. The number of fused-ring (bicyclic) bond motifs is 1. The SMILES string of the molecule is CC(C)c1c(-c2ccc(CC#N)cc2)[nH]c2ncnn2c1=O. The van der Waals surface area contributed by atoms with E-state index in [0.29, 0.717) is 17.8 Å². The van der Waals surface area contributed by atoms with Crippen molar-refractivity contribution < 1.29 is 0 Å². The Bertz CT molecular complexity index is 912. The van der Waals surface area contributed by atoms with Crippen molar-refractivity contribution in [3.63, 3.8) is 0 Å². The van der Waals surface area contributed by atoms with Crippen LogP contribution in [0.1, 0.15) is 30.9 Å². The van der Waals surface area contributed by atoms with Crippen molar-refractivity contribution >= 4 is 5.78 Å². The molecule has 1 aromatic carbocycles. The Hall–Kier alpha value is -2.94. The second-order valence-corrected chi connectivity index (χ2v) is 5.40. The fourth-order valence-corrected chi connectivity index (χ4v) is 2.52. The van der Waals surface area contributed by atoms with Crippen molar-refractivity contribution in [2.75, 3.05) is 0 Å². The summed E-state index contributed by atoms with van der Waals surface area (Å²) < 4.78 is 1.28. The molecule has 0 aliphatic carbocycles. The first-order chi connectivity index (χ1) is 10.6. The molecule has 0 atom stereocenters. The van der Waals surface area contributed by atoms with Crippen LogP contribution in [0.15, 0.2) is 35.4 Å². The molecule has 110 valence electrons. The number of hydrogen-bond acceptors (Lipinski definition) is 4. The van der Waals surface area contributed by atoms with E-state index < -0.39 is 0 Å². The molecule has 2 aromatic heterocycles. The first kappa shape index (κ1) is 14.0. The quantitative estimate of drug-likeness (QED) is 0.802. The molecular formula is C16H15N5O. The van der Waals surface area contributed by atoms with Gasteiger partial charge in [-0.1, -0.05) is 38.1 Å². The topological polar surface area (TPSA) is 86.8 Å². The fourth-order valence-electron chi connectivity index (χ4n) is 2.52. The van der Waals surface area contributed by atoms with Gasteiger partial charge < -0.3 is 4.98 Å². The highest BCUT2D eigenvalue weighted by Crippen LogP contribution is 2.25. The summed E-state index contributed by atoms with van der Waals surface area (Å²) >= 11 is 0. The summed E-state index contributed by atoms with van der Waals surface area (Å²) in [6.07, 6.45) is 1.73. The maximum Gasteiger partial charge on any atom is 0.279 e. The molecule has 0 aliphatic heterocycles. The molecule has 0 amide bonds. The smallest absolute Gasteiger partial charge is 0.279 e. The van der Waals surface area contributed by atoms with Gasteiger partial charge in [-0.25, -0.2) is 0 Å². The van der Waals surface area contributed by atoms with Crippen LogP contribution in [0.2, 0.25) is 0 Å². The summed E-state index contributed by atoms with van der Waals surface area (Å²) in [5.41, 5.74) is 3.11. The highest BCUT2D eigenvalue weighted by atomic mass is 16.1. The molecule has 1 N–H and O–H groups in total. The number of aromatic amines is 1. The van der Waals surface area contributed by atoms with Crippen LogP contribution in [0, 0.1) is 11.3 Å². The Balaban J connectivity index is 2.23. The van der Waals surface area contributed by atoms with E-state index in [4.69, 9.17) is 5.26 Å². The molecule has 0 unspecified atom stereocenters. The molecule has 0 radical (unpaired) electrons. The van der Waals surface area contributed by atoms with Crippen molar-refractivity contribution in [3.8, 4) is 17.3 Å². The summed E-state index contributed by atoms with van der Waals surface area (Å²) in [6.45, 7) is 3.95. The maximum atomic E-state index is 12.6. The zero-order valence-electron chi connectivity index (χ0n) is 12.4. The number of H-pyrrole nitrogens is 1. The van der Waals surface area contributed by atoms with E-state index >= 15 is 0 Å². The van der Waals surface area contributed by atoms with Gasteiger partial charge >= 0.3 is 0 Å². The number of nitrogens with zero attached hydrogens (tertiary/aromatic N) is 4. The minimum Gasteiger partial charge on any atom is -0.323 e. The summed E-state index contributed by atoms with van der Waals surface area (Å²) in [5, 5.41) is 12.7. The molecule has 0 spiro atoms. The van der Waals surface area contributed by atoms with Gasteiger partial charge in [0.05, 0.1) is 18.2 Å². The Morgan fingerprint density at radius 1 is 1.32 bits per heavy atom. The zero-order chi connectivity index (χ0) is 15.7. The molecule has 0 fully saturated rings. The van der Waals surface area contributed by atoms with Crippen LogP contribution in [0.5, 0.6) is 0 Å². The number of benzene rings is 1. The molecule has 0 aliphatic rings. The lowest BCUT2D eigenvalue weighted by molar-refractivity contribution is 0.797. The van der Waals surface area contributed by atoms with E-state index in [0.717, 1.165) is 16.8 Å². The molecule has 0 bridgehead atoms. The molecule has 6 heteroatoms. The lowest BCUT2D eigenvalue weighted by Crippen LogP contribution is -2.22. The molecule has 6 nitrogen and oxygen atoms in total. The van der Waals surface area contributed by atoms with Crippen LogP contribution in [-0.4, -0.2) is 19.6 Å². The van der Waals surface area contributed by atoms with Gasteiger partial charge in [-0.05, 0) is 17.0 Å². The average molecular weight is 293 g/mol. The normalized spacial score (nSPS) is 11.0. The van der Waals surface area contributed by atoms with Crippen molar-refractivity contribution in [2.45, 2.75) is 26.2 Å². The van der Waals surface area contributed by atoms with Gasteiger partial charge in [0.1, 0.15) is 6.33 Å². The molecule has 0 saturated carbocycles. The zero-order valence-corrected chi connectivity index (χ0v) is 12.4. The number of rotatable bonds is 3. The number of nitriles is 1. The van der Waals surface area contributed by atoms with Crippen molar-refractivity contribution in [2.24, 2.45) is 0 Å². The maximum absolute atomic E-state index is 12.6. The summed E-state index contributed by atoms with van der Waals surface area (Å²) in [7, 11) is 0. The number of aromatic nitrogens is 4. The minimum absolute atomic E-state index is 0.0473. The van der Waals surface area contributed by atoms with Gasteiger partial charge in [0, 0.05) is 5.56 Å². The van der Waals surface area contributed by atoms with Gasteiger partial charge in [0.15, 0.2) is 0 Å². The Labute approximate surface area is 127 Å². The molecule has 3 aromatic rings. The second kappa shape index (κ2) is 5.45. The predicted molar refractivity (Wildman–Crippen MR) is 82.4 cm³/mol. The summed E-state index contributed by atoms with van der Waals surface area (Å²) in [4.78, 5) is 19.8. The Morgan fingerprint density at radius 3 is 2.68 bits per heavy atom. The lowest BCUT2D eigenvalue weighted by Gasteiger charge is -2.12. The monoisotopic (exact) mass is 293 g/mol. The van der Waals surface area contributed by atoms with Gasteiger partial charge in [0.25, 0.3) is 5.56 Å². The number of hydrogen-bond donors (Lipinski definition) is 1. The van der Waals surface area contributed by atoms with Crippen LogP contribution in [0.3, 0.4) is 0 Å². The lowest BCUT2D eigenvalue weighted by atomic mass is 9.97. The molecule has 22 heavy (non-hydrogen) atoms. The van der Waals surface area contributed by atoms with E-state index in [1.54, 1.807) is 0 Å². The van der Waals surface area contributed by atoms with Crippen molar-refractivity contribution in [1.29, 1.82) is 5.26 Å². The van der Waals surface area contributed by atoms with E-state index in [1.807, 2.05) is 38.1 Å².